The SMILES string of the molecule is CCCC(CC(=O)O)NC(=O)NCC1(SC)CCC1. The molecule has 1 aliphatic rings. The van der Waals surface area contributed by atoms with E-state index in [1.807, 2.05) is 6.92 Å². The summed E-state index contributed by atoms with van der Waals surface area (Å²) in [6, 6.07) is -0.533. The number of rotatable bonds is 8. The number of thioether (sulfide) groups is 1. The molecule has 1 rings (SSSR count). The molecule has 110 valence electrons. The molecule has 1 saturated carbocycles. The second-order valence-electron chi connectivity index (χ2n) is 5.15. The van der Waals surface area contributed by atoms with Gasteiger partial charge in [0.15, 0.2) is 0 Å². The van der Waals surface area contributed by atoms with Gasteiger partial charge < -0.3 is 15.7 Å². The third kappa shape index (κ3) is 5.30. The Morgan fingerprint density at radius 1 is 1.42 bits per heavy atom. The van der Waals surface area contributed by atoms with Crippen molar-refractivity contribution in [3.05, 3.63) is 0 Å². The minimum Gasteiger partial charge on any atom is -0.481 e. The lowest BCUT2D eigenvalue weighted by Crippen LogP contribution is -2.50. The van der Waals surface area contributed by atoms with Crippen molar-refractivity contribution in [2.24, 2.45) is 0 Å². The summed E-state index contributed by atoms with van der Waals surface area (Å²) in [6.45, 7) is 2.64. The number of carboxylic acid groups (broad SMARTS) is 1. The van der Waals surface area contributed by atoms with Crippen molar-refractivity contribution in [2.75, 3.05) is 12.8 Å². The predicted molar refractivity (Wildman–Crippen MR) is 77.6 cm³/mol. The monoisotopic (exact) mass is 288 g/mol. The van der Waals surface area contributed by atoms with Crippen LogP contribution in [0.25, 0.3) is 0 Å². The second-order valence-corrected chi connectivity index (χ2v) is 6.43. The quantitative estimate of drug-likeness (QED) is 0.640. The molecule has 0 aromatic carbocycles. The van der Waals surface area contributed by atoms with Gasteiger partial charge in [0.2, 0.25) is 0 Å². The maximum atomic E-state index is 11.8. The van der Waals surface area contributed by atoms with E-state index in [2.05, 4.69) is 16.9 Å². The first kappa shape index (κ1) is 16.1. The zero-order valence-corrected chi connectivity index (χ0v) is 12.5. The van der Waals surface area contributed by atoms with E-state index in [0.29, 0.717) is 13.0 Å². The van der Waals surface area contributed by atoms with Crippen LogP contribution in [0.2, 0.25) is 0 Å². The standard InChI is InChI=1S/C13H24N2O3S/c1-3-5-10(8-11(16)17)15-12(18)14-9-13(19-2)6-4-7-13/h10H,3-9H2,1-2H3,(H,16,17)(H2,14,15,18). The lowest BCUT2D eigenvalue weighted by atomic mass is 9.84. The number of carboxylic acids is 1. The van der Waals surface area contributed by atoms with Gasteiger partial charge >= 0.3 is 12.0 Å². The maximum Gasteiger partial charge on any atom is 0.315 e. The Bertz CT molecular complexity index is 314. The number of hydrogen-bond acceptors (Lipinski definition) is 3. The Morgan fingerprint density at radius 2 is 2.11 bits per heavy atom. The van der Waals surface area contributed by atoms with Crippen LogP contribution < -0.4 is 10.6 Å². The van der Waals surface area contributed by atoms with Crippen molar-refractivity contribution in [1.82, 2.24) is 10.6 Å². The summed E-state index contributed by atoms with van der Waals surface area (Å²) in [7, 11) is 0. The van der Waals surface area contributed by atoms with Crippen molar-refractivity contribution >= 4 is 23.8 Å². The highest BCUT2D eigenvalue weighted by molar-refractivity contribution is 8.00. The molecule has 0 aliphatic heterocycles. The number of hydrogen-bond donors (Lipinski definition) is 3. The minimum atomic E-state index is -0.877. The van der Waals surface area contributed by atoms with Crippen LogP contribution >= 0.6 is 11.8 Å². The zero-order valence-electron chi connectivity index (χ0n) is 11.7. The van der Waals surface area contributed by atoms with E-state index < -0.39 is 5.97 Å². The average Bonchev–Trinajstić information content (AvgIpc) is 2.27. The van der Waals surface area contributed by atoms with E-state index in [1.54, 1.807) is 11.8 Å². The molecule has 1 unspecified atom stereocenters. The fourth-order valence-electron chi connectivity index (χ4n) is 2.29. The molecule has 0 saturated heterocycles. The fourth-order valence-corrected chi connectivity index (χ4v) is 3.20. The first-order valence-electron chi connectivity index (χ1n) is 6.82. The highest BCUT2D eigenvalue weighted by Gasteiger charge is 2.36. The second kappa shape index (κ2) is 7.62. The Labute approximate surface area is 118 Å². The maximum absolute atomic E-state index is 11.8. The molecule has 0 heterocycles. The summed E-state index contributed by atoms with van der Waals surface area (Å²) in [4.78, 5) is 22.5. The van der Waals surface area contributed by atoms with Crippen LogP contribution in [0.4, 0.5) is 4.79 Å². The van der Waals surface area contributed by atoms with Gasteiger partial charge in [-0.05, 0) is 25.5 Å². The summed E-state index contributed by atoms with van der Waals surface area (Å²) >= 11 is 1.80. The number of urea groups is 1. The Morgan fingerprint density at radius 3 is 2.53 bits per heavy atom. The topological polar surface area (TPSA) is 78.4 Å². The van der Waals surface area contributed by atoms with Crippen LogP contribution in [-0.4, -0.2) is 40.7 Å². The van der Waals surface area contributed by atoms with Gasteiger partial charge in [-0.25, -0.2) is 4.79 Å². The van der Waals surface area contributed by atoms with Gasteiger partial charge in [-0.1, -0.05) is 19.8 Å². The Hall–Kier alpha value is -0.910. The van der Waals surface area contributed by atoms with Crippen molar-refractivity contribution in [2.45, 2.75) is 56.2 Å². The summed E-state index contributed by atoms with van der Waals surface area (Å²) in [5.41, 5.74) is 0. The first-order valence-corrected chi connectivity index (χ1v) is 8.05. The number of aliphatic carboxylic acids is 1. The Balaban J connectivity index is 2.33. The summed E-state index contributed by atoms with van der Waals surface area (Å²) in [5, 5.41) is 14.4. The molecular formula is C13H24N2O3S. The zero-order chi connectivity index (χ0) is 14.3. The molecule has 0 aromatic heterocycles. The summed E-state index contributed by atoms with van der Waals surface area (Å²) in [5.74, 6) is -0.877. The minimum absolute atomic E-state index is 0.0189. The van der Waals surface area contributed by atoms with Gasteiger partial charge in [-0.2, -0.15) is 11.8 Å². The third-order valence-electron chi connectivity index (χ3n) is 3.66. The van der Waals surface area contributed by atoms with Gasteiger partial charge in [0.25, 0.3) is 0 Å². The molecule has 3 N–H and O–H groups in total. The molecule has 0 aromatic rings. The summed E-state index contributed by atoms with van der Waals surface area (Å²) < 4.78 is 0.199. The van der Waals surface area contributed by atoms with E-state index in [9.17, 15) is 9.59 Å². The van der Waals surface area contributed by atoms with Crippen LogP contribution in [0.5, 0.6) is 0 Å². The summed E-state index contributed by atoms with van der Waals surface area (Å²) in [6.07, 6.45) is 7.10. The molecule has 6 heteroatoms. The van der Waals surface area contributed by atoms with Gasteiger partial charge in [0.05, 0.1) is 6.42 Å². The molecule has 0 bridgehead atoms. The third-order valence-corrected chi connectivity index (χ3v) is 5.08. The highest BCUT2D eigenvalue weighted by Crippen LogP contribution is 2.42. The van der Waals surface area contributed by atoms with E-state index in [0.717, 1.165) is 19.3 Å². The predicted octanol–water partition coefficient (Wildman–Crippen LogP) is 2.21. The number of amides is 2. The van der Waals surface area contributed by atoms with Crippen LogP contribution in [0.1, 0.15) is 45.4 Å². The van der Waals surface area contributed by atoms with E-state index in [4.69, 9.17) is 5.11 Å². The number of carbonyl (C=O) groups excluding carboxylic acids is 1. The van der Waals surface area contributed by atoms with E-state index in [-0.39, 0.29) is 23.2 Å². The average molecular weight is 288 g/mol. The smallest absolute Gasteiger partial charge is 0.315 e. The number of nitrogens with one attached hydrogen (secondary N) is 2. The van der Waals surface area contributed by atoms with Crippen molar-refractivity contribution in [1.29, 1.82) is 0 Å². The van der Waals surface area contributed by atoms with Crippen LogP contribution in [0.15, 0.2) is 0 Å². The van der Waals surface area contributed by atoms with Crippen LogP contribution in [0, 0.1) is 0 Å². The van der Waals surface area contributed by atoms with Crippen molar-refractivity contribution in [3.8, 4) is 0 Å². The molecular weight excluding hydrogens is 264 g/mol. The van der Waals surface area contributed by atoms with Crippen LogP contribution in [0.3, 0.4) is 0 Å². The van der Waals surface area contributed by atoms with Gasteiger partial charge in [0.1, 0.15) is 0 Å². The number of carbonyl (C=O) groups is 2. The van der Waals surface area contributed by atoms with E-state index in [1.165, 1.54) is 6.42 Å². The lowest BCUT2D eigenvalue weighted by Gasteiger charge is -2.40. The fraction of sp³-hybridized carbons (Fsp3) is 0.846. The molecule has 19 heavy (non-hydrogen) atoms. The lowest BCUT2D eigenvalue weighted by molar-refractivity contribution is -0.137. The molecule has 1 atom stereocenters. The van der Waals surface area contributed by atoms with Crippen molar-refractivity contribution < 1.29 is 14.7 Å². The normalized spacial score (nSPS) is 18.2. The molecule has 1 fully saturated rings. The Kier molecular flexibility index (Phi) is 6.48. The molecule has 0 spiro atoms. The largest absolute Gasteiger partial charge is 0.481 e. The van der Waals surface area contributed by atoms with Crippen LogP contribution in [-0.2, 0) is 4.79 Å². The highest BCUT2D eigenvalue weighted by atomic mass is 32.2. The van der Waals surface area contributed by atoms with Gasteiger partial charge in [-0.15, -0.1) is 0 Å². The first-order chi connectivity index (χ1) is 9.01. The van der Waals surface area contributed by atoms with Gasteiger partial charge in [0, 0.05) is 17.3 Å². The molecule has 5 nitrogen and oxygen atoms in total. The molecule has 1 aliphatic carbocycles. The van der Waals surface area contributed by atoms with E-state index >= 15 is 0 Å². The molecule has 0 radical (unpaired) electrons. The van der Waals surface area contributed by atoms with Gasteiger partial charge in [-0.3, -0.25) is 4.79 Å². The van der Waals surface area contributed by atoms with Crippen molar-refractivity contribution in [3.63, 3.8) is 0 Å². The molecule has 2 amide bonds.